The van der Waals surface area contributed by atoms with Gasteiger partial charge in [-0.2, -0.15) is 0 Å². The Kier molecular flexibility index (Phi) is 10.8. The topological polar surface area (TPSA) is 86.8 Å². The minimum Gasteiger partial charge on any atom is -0.352 e. The van der Waals surface area contributed by atoms with Crippen molar-refractivity contribution in [3.63, 3.8) is 0 Å². The van der Waals surface area contributed by atoms with Crippen molar-refractivity contribution in [3.05, 3.63) is 98.7 Å². The molecular formula is C28H29Cl3FN3O4S. The van der Waals surface area contributed by atoms with Crippen LogP contribution in [0.3, 0.4) is 0 Å². The number of benzene rings is 3. The van der Waals surface area contributed by atoms with Gasteiger partial charge in [0.1, 0.15) is 18.4 Å². The van der Waals surface area contributed by atoms with Crippen molar-refractivity contribution in [1.82, 2.24) is 10.2 Å². The number of hydrogen-bond donors (Lipinski definition) is 1. The van der Waals surface area contributed by atoms with Crippen LogP contribution in [-0.2, 0) is 32.6 Å². The van der Waals surface area contributed by atoms with Crippen molar-refractivity contribution in [1.29, 1.82) is 0 Å². The molecule has 0 aliphatic rings. The minimum absolute atomic E-state index is 0.0314. The highest BCUT2D eigenvalue weighted by molar-refractivity contribution is 7.92. The van der Waals surface area contributed by atoms with Crippen LogP contribution >= 0.6 is 34.8 Å². The van der Waals surface area contributed by atoms with Crippen LogP contribution in [0.15, 0.2) is 66.7 Å². The molecule has 0 saturated heterocycles. The van der Waals surface area contributed by atoms with E-state index < -0.39 is 40.2 Å². The highest BCUT2D eigenvalue weighted by Gasteiger charge is 2.34. The molecule has 2 amide bonds. The van der Waals surface area contributed by atoms with Crippen LogP contribution < -0.4 is 9.62 Å². The molecule has 3 rings (SSSR count). The molecule has 1 N–H and O–H groups in total. The van der Waals surface area contributed by atoms with E-state index in [4.69, 9.17) is 34.8 Å². The van der Waals surface area contributed by atoms with E-state index in [9.17, 15) is 22.4 Å². The number of nitrogens with zero attached hydrogens (tertiary/aromatic N) is 2. The third kappa shape index (κ3) is 8.57. The molecule has 0 spiro atoms. The Morgan fingerprint density at radius 3 is 2.08 bits per heavy atom. The molecule has 214 valence electrons. The highest BCUT2D eigenvalue weighted by atomic mass is 35.5. The van der Waals surface area contributed by atoms with Gasteiger partial charge >= 0.3 is 0 Å². The highest BCUT2D eigenvalue weighted by Crippen LogP contribution is 2.35. The largest absolute Gasteiger partial charge is 0.352 e. The summed E-state index contributed by atoms with van der Waals surface area (Å²) >= 11 is 18.5. The molecule has 3 aromatic carbocycles. The van der Waals surface area contributed by atoms with E-state index in [0.29, 0.717) is 5.56 Å². The molecule has 12 heteroatoms. The summed E-state index contributed by atoms with van der Waals surface area (Å²) in [5.41, 5.74) is 1.29. The van der Waals surface area contributed by atoms with E-state index in [1.807, 2.05) is 30.3 Å². The van der Waals surface area contributed by atoms with Gasteiger partial charge in [0, 0.05) is 19.0 Å². The van der Waals surface area contributed by atoms with E-state index in [2.05, 4.69) is 5.32 Å². The summed E-state index contributed by atoms with van der Waals surface area (Å²) in [7, 11) is -4.05. The Balaban J connectivity index is 2.09. The summed E-state index contributed by atoms with van der Waals surface area (Å²) < 4.78 is 40.2. The Morgan fingerprint density at radius 2 is 1.50 bits per heavy atom. The molecule has 0 fully saturated rings. The Morgan fingerprint density at radius 1 is 0.900 bits per heavy atom. The van der Waals surface area contributed by atoms with Gasteiger partial charge in [0.05, 0.1) is 27.0 Å². The van der Waals surface area contributed by atoms with Crippen molar-refractivity contribution in [2.24, 2.45) is 0 Å². The summed E-state index contributed by atoms with van der Waals surface area (Å²) in [4.78, 5) is 28.8. The molecule has 0 bridgehead atoms. The lowest BCUT2D eigenvalue weighted by atomic mass is 10.0. The average molecular weight is 629 g/mol. The van der Waals surface area contributed by atoms with Crippen molar-refractivity contribution in [2.45, 2.75) is 38.9 Å². The first-order valence-corrected chi connectivity index (χ1v) is 15.2. The van der Waals surface area contributed by atoms with Gasteiger partial charge in [-0.05, 0) is 49.2 Å². The lowest BCUT2D eigenvalue weighted by Gasteiger charge is -2.34. The van der Waals surface area contributed by atoms with Gasteiger partial charge in [-0.1, -0.05) is 77.3 Å². The number of carbonyl (C=O) groups is 2. The normalized spacial score (nSPS) is 12.2. The maximum atomic E-state index is 14.0. The standard InChI is InChI=1S/C28H29Cl3FN3O4S/c1-18(2)33-28(37)26(13-19-7-5-4-6-8-19)34(16-20-9-11-21(32)12-10-20)27(36)17-35(40(3,38)39)25-15-23(30)22(29)14-24(25)31/h4-12,14-15,18,26H,13,16-17H2,1-3H3,(H,33,37)/t26-/m0/s1. The van der Waals surface area contributed by atoms with Crippen LogP contribution in [0.1, 0.15) is 25.0 Å². The smallest absolute Gasteiger partial charge is 0.244 e. The lowest BCUT2D eigenvalue weighted by Crippen LogP contribution is -2.54. The predicted octanol–water partition coefficient (Wildman–Crippen LogP) is 5.72. The second-order valence-corrected chi connectivity index (χ2v) is 12.6. The molecule has 0 saturated carbocycles. The fourth-order valence-electron chi connectivity index (χ4n) is 4.02. The molecule has 40 heavy (non-hydrogen) atoms. The number of rotatable bonds is 11. The molecule has 3 aromatic rings. The number of nitrogens with one attached hydrogen (secondary N) is 1. The van der Waals surface area contributed by atoms with Gasteiger partial charge in [-0.3, -0.25) is 13.9 Å². The van der Waals surface area contributed by atoms with Gasteiger partial charge < -0.3 is 10.2 Å². The van der Waals surface area contributed by atoms with E-state index in [1.165, 1.54) is 41.3 Å². The van der Waals surface area contributed by atoms with Crippen molar-refractivity contribution in [3.8, 4) is 0 Å². The number of sulfonamides is 1. The van der Waals surface area contributed by atoms with Crippen LogP contribution in [0.2, 0.25) is 15.1 Å². The van der Waals surface area contributed by atoms with Crippen molar-refractivity contribution < 1.29 is 22.4 Å². The fraction of sp³-hybridized carbons (Fsp3) is 0.286. The molecule has 7 nitrogen and oxygen atoms in total. The summed E-state index contributed by atoms with van der Waals surface area (Å²) in [6.07, 6.45) is 1.08. The maximum Gasteiger partial charge on any atom is 0.244 e. The van der Waals surface area contributed by atoms with Crippen LogP contribution in [0.25, 0.3) is 0 Å². The monoisotopic (exact) mass is 627 g/mol. The summed E-state index contributed by atoms with van der Waals surface area (Å²) in [5, 5.41) is 2.98. The summed E-state index contributed by atoms with van der Waals surface area (Å²) in [6, 6.07) is 15.9. The van der Waals surface area contributed by atoms with E-state index in [0.717, 1.165) is 16.1 Å². The van der Waals surface area contributed by atoms with Crippen LogP contribution in [-0.4, -0.2) is 50.0 Å². The lowest BCUT2D eigenvalue weighted by molar-refractivity contribution is -0.140. The van der Waals surface area contributed by atoms with Crippen LogP contribution in [0.4, 0.5) is 10.1 Å². The molecule has 0 aromatic heterocycles. The number of carbonyl (C=O) groups excluding carboxylic acids is 2. The molecule has 0 radical (unpaired) electrons. The fourth-order valence-corrected chi connectivity index (χ4v) is 5.57. The van der Waals surface area contributed by atoms with Crippen molar-refractivity contribution >= 4 is 62.3 Å². The first-order chi connectivity index (χ1) is 18.8. The molecule has 0 heterocycles. The first-order valence-electron chi connectivity index (χ1n) is 12.3. The van der Waals surface area contributed by atoms with Crippen LogP contribution in [0.5, 0.6) is 0 Å². The zero-order valence-corrected chi connectivity index (χ0v) is 25.2. The average Bonchev–Trinajstić information content (AvgIpc) is 2.87. The van der Waals surface area contributed by atoms with Crippen molar-refractivity contribution in [2.75, 3.05) is 17.1 Å². The van der Waals surface area contributed by atoms with Gasteiger partial charge in [0.25, 0.3) is 0 Å². The minimum atomic E-state index is -4.05. The molecule has 1 atom stereocenters. The SMILES string of the molecule is CC(C)NC(=O)[C@H](Cc1ccccc1)N(Cc1ccc(F)cc1)C(=O)CN(c1cc(Cl)c(Cl)cc1Cl)S(C)(=O)=O. The Bertz CT molecular complexity index is 1460. The third-order valence-corrected chi connectivity index (χ3v) is 8.06. The summed E-state index contributed by atoms with van der Waals surface area (Å²) in [5.74, 6) is -1.57. The second-order valence-electron chi connectivity index (χ2n) is 9.50. The number of anilines is 1. The summed E-state index contributed by atoms with van der Waals surface area (Å²) in [6.45, 7) is 2.81. The van der Waals surface area contributed by atoms with E-state index in [1.54, 1.807) is 13.8 Å². The third-order valence-electron chi connectivity index (χ3n) is 5.91. The molecule has 0 aliphatic carbocycles. The van der Waals surface area contributed by atoms with E-state index in [-0.39, 0.29) is 39.8 Å². The quantitative estimate of drug-likeness (QED) is 0.276. The molecule has 0 unspecified atom stereocenters. The number of hydrogen-bond acceptors (Lipinski definition) is 4. The predicted molar refractivity (Wildman–Crippen MR) is 158 cm³/mol. The van der Waals surface area contributed by atoms with Crippen LogP contribution in [0, 0.1) is 5.82 Å². The van der Waals surface area contributed by atoms with Gasteiger partial charge in [0.2, 0.25) is 21.8 Å². The van der Waals surface area contributed by atoms with Gasteiger partial charge in [0.15, 0.2) is 0 Å². The maximum absolute atomic E-state index is 14.0. The Hall–Kier alpha value is -2.85. The van der Waals surface area contributed by atoms with Gasteiger partial charge in [-0.25, -0.2) is 12.8 Å². The second kappa shape index (κ2) is 13.7. The number of halogens is 4. The molecule has 0 aliphatic heterocycles. The number of amides is 2. The zero-order chi connectivity index (χ0) is 29.6. The molecular weight excluding hydrogens is 600 g/mol. The van der Waals surface area contributed by atoms with E-state index >= 15 is 0 Å². The zero-order valence-electron chi connectivity index (χ0n) is 22.1. The first kappa shape index (κ1) is 31.7. The van der Waals surface area contributed by atoms with Gasteiger partial charge in [-0.15, -0.1) is 0 Å². The Labute approximate surface area is 248 Å².